The lowest BCUT2D eigenvalue weighted by Gasteiger charge is -2.22. The van der Waals surface area contributed by atoms with Gasteiger partial charge in [0.1, 0.15) is 0 Å². The lowest BCUT2D eigenvalue weighted by atomic mass is 9.91. The topological polar surface area (TPSA) is 12.0 Å². The van der Waals surface area contributed by atoms with Crippen molar-refractivity contribution in [3.8, 4) is 0 Å². The molecular weight excluding hydrogens is 273 g/mol. The van der Waals surface area contributed by atoms with Crippen molar-refractivity contribution in [3.63, 3.8) is 0 Å². The summed E-state index contributed by atoms with van der Waals surface area (Å²) in [5.41, 5.74) is 1.28. The van der Waals surface area contributed by atoms with Crippen LogP contribution in [-0.4, -0.2) is 13.1 Å². The first kappa shape index (κ1) is 11.4. The second kappa shape index (κ2) is 5.33. The highest BCUT2D eigenvalue weighted by Gasteiger charge is 2.14. The molecule has 1 fully saturated rings. The average molecular weight is 289 g/mol. The highest BCUT2D eigenvalue weighted by molar-refractivity contribution is 9.10. The standard InChI is InChI=1S/C12H15BrClN/c13-11-2-1-10(12(14)8-11)7-9-3-5-15-6-4-9/h1-2,8-9,15H,3-7H2. The van der Waals surface area contributed by atoms with Crippen LogP contribution >= 0.6 is 27.5 Å². The third-order valence-electron chi connectivity index (χ3n) is 2.98. The van der Waals surface area contributed by atoms with Crippen molar-refractivity contribution in [2.45, 2.75) is 19.3 Å². The summed E-state index contributed by atoms with van der Waals surface area (Å²) >= 11 is 9.63. The first-order valence-corrected chi connectivity index (χ1v) is 6.57. The molecule has 0 radical (unpaired) electrons. The maximum Gasteiger partial charge on any atom is 0.0449 e. The van der Waals surface area contributed by atoms with E-state index in [1.165, 1.54) is 18.4 Å². The van der Waals surface area contributed by atoms with Crippen LogP contribution in [0.4, 0.5) is 0 Å². The largest absolute Gasteiger partial charge is 0.317 e. The molecule has 1 heterocycles. The third-order valence-corrected chi connectivity index (χ3v) is 3.83. The molecule has 1 aromatic carbocycles. The van der Waals surface area contributed by atoms with Gasteiger partial charge in [-0.25, -0.2) is 0 Å². The van der Waals surface area contributed by atoms with E-state index in [0.29, 0.717) is 0 Å². The van der Waals surface area contributed by atoms with E-state index in [1.807, 2.05) is 6.07 Å². The fourth-order valence-corrected chi connectivity index (χ4v) is 2.83. The van der Waals surface area contributed by atoms with Crippen molar-refractivity contribution in [1.82, 2.24) is 5.32 Å². The molecule has 1 N–H and O–H groups in total. The number of nitrogens with one attached hydrogen (secondary N) is 1. The Morgan fingerprint density at radius 1 is 1.33 bits per heavy atom. The summed E-state index contributed by atoms with van der Waals surface area (Å²) in [4.78, 5) is 0. The molecule has 0 atom stereocenters. The summed E-state index contributed by atoms with van der Waals surface area (Å²) in [7, 11) is 0. The molecular formula is C12H15BrClN. The van der Waals surface area contributed by atoms with Gasteiger partial charge in [0.2, 0.25) is 0 Å². The number of piperidine rings is 1. The molecule has 2 rings (SSSR count). The second-order valence-electron chi connectivity index (χ2n) is 4.13. The highest BCUT2D eigenvalue weighted by Crippen LogP contribution is 2.26. The minimum Gasteiger partial charge on any atom is -0.317 e. The van der Waals surface area contributed by atoms with Crippen molar-refractivity contribution >= 4 is 27.5 Å². The predicted molar refractivity (Wildman–Crippen MR) is 68.4 cm³/mol. The van der Waals surface area contributed by atoms with Gasteiger partial charge in [-0.15, -0.1) is 0 Å². The Morgan fingerprint density at radius 3 is 2.73 bits per heavy atom. The lowest BCUT2D eigenvalue weighted by molar-refractivity contribution is 0.373. The van der Waals surface area contributed by atoms with Crippen LogP contribution in [0.1, 0.15) is 18.4 Å². The highest BCUT2D eigenvalue weighted by atomic mass is 79.9. The second-order valence-corrected chi connectivity index (χ2v) is 5.46. The smallest absolute Gasteiger partial charge is 0.0449 e. The molecule has 0 amide bonds. The Kier molecular flexibility index (Phi) is 4.06. The maximum absolute atomic E-state index is 6.20. The number of benzene rings is 1. The molecule has 82 valence electrons. The molecule has 15 heavy (non-hydrogen) atoms. The van der Waals surface area contributed by atoms with E-state index in [9.17, 15) is 0 Å². The van der Waals surface area contributed by atoms with Gasteiger partial charge in [-0.3, -0.25) is 0 Å². The molecule has 1 aliphatic heterocycles. The van der Waals surface area contributed by atoms with Gasteiger partial charge in [-0.2, -0.15) is 0 Å². The molecule has 1 nitrogen and oxygen atoms in total. The Balaban J connectivity index is 2.03. The summed E-state index contributed by atoms with van der Waals surface area (Å²) in [6.45, 7) is 2.30. The molecule has 0 spiro atoms. The first-order chi connectivity index (χ1) is 7.25. The van der Waals surface area contributed by atoms with Crippen LogP contribution in [0.3, 0.4) is 0 Å². The van der Waals surface area contributed by atoms with Gasteiger partial charge in [0.15, 0.2) is 0 Å². The number of halogens is 2. The Labute approximate surface area is 104 Å². The molecule has 0 bridgehead atoms. The normalized spacial score (nSPS) is 18.0. The average Bonchev–Trinajstić information content (AvgIpc) is 2.24. The molecule has 0 aromatic heterocycles. The van der Waals surface area contributed by atoms with Crippen LogP contribution in [-0.2, 0) is 6.42 Å². The van der Waals surface area contributed by atoms with Gasteiger partial charge in [0, 0.05) is 9.50 Å². The number of hydrogen-bond donors (Lipinski definition) is 1. The SMILES string of the molecule is Clc1cc(Br)ccc1CC1CCNCC1. The third kappa shape index (κ3) is 3.20. The summed E-state index contributed by atoms with van der Waals surface area (Å²) < 4.78 is 1.06. The van der Waals surface area contributed by atoms with Crippen LogP contribution < -0.4 is 5.32 Å². The van der Waals surface area contributed by atoms with E-state index in [2.05, 4.69) is 33.4 Å². The summed E-state index contributed by atoms with van der Waals surface area (Å²) in [5.74, 6) is 0.796. The maximum atomic E-state index is 6.20. The first-order valence-electron chi connectivity index (χ1n) is 5.40. The molecule has 0 aliphatic carbocycles. The monoisotopic (exact) mass is 287 g/mol. The van der Waals surface area contributed by atoms with E-state index in [4.69, 9.17) is 11.6 Å². The van der Waals surface area contributed by atoms with E-state index in [0.717, 1.165) is 34.9 Å². The summed E-state index contributed by atoms with van der Waals surface area (Å²) in [6, 6.07) is 6.19. The zero-order chi connectivity index (χ0) is 10.7. The van der Waals surface area contributed by atoms with Gasteiger partial charge in [0.25, 0.3) is 0 Å². The molecule has 3 heteroatoms. The van der Waals surface area contributed by atoms with Crippen LogP contribution in [0.25, 0.3) is 0 Å². The molecule has 0 saturated carbocycles. The Hall–Kier alpha value is -0.0500. The zero-order valence-corrected chi connectivity index (χ0v) is 10.9. The van der Waals surface area contributed by atoms with E-state index in [1.54, 1.807) is 0 Å². The quantitative estimate of drug-likeness (QED) is 0.876. The lowest BCUT2D eigenvalue weighted by Crippen LogP contribution is -2.28. The van der Waals surface area contributed by atoms with Gasteiger partial charge in [0.05, 0.1) is 0 Å². The van der Waals surface area contributed by atoms with Crippen LogP contribution in [0.2, 0.25) is 5.02 Å². The Bertz CT molecular complexity index is 334. The fraction of sp³-hybridized carbons (Fsp3) is 0.500. The zero-order valence-electron chi connectivity index (χ0n) is 8.60. The van der Waals surface area contributed by atoms with Gasteiger partial charge < -0.3 is 5.32 Å². The number of hydrogen-bond acceptors (Lipinski definition) is 1. The summed E-state index contributed by atoms with van der Waals surface area (Å²) in [5, 5.41) is 4.28. The summed E-state index contributed by atoms with van der Waals surface area (Å²) in [6.07, 6.45) is 3.66. The van der Waals surface area contributed by atoms with Crippen LogP contribution in [0, 0.1) is 5.92 Å². The van der Waals surface area contributed by atoms with Crippen molar-refractivity contribution in [2.75, 3.05) is 13.1 Å². The van der Waals surface area contributed by atoms with Crippen molar-refractivity contribution in [3.05, 3.63) is 33.3 Å². The van der Waals surface area contributed by atoms with Gasteiger partial charge in [-0.1, -0.05) is 33.6 Å². The number of rotatable bonds is 2. The molecule has 1 saturated heterocycles. The van der Waals surface area contributed by atoms with Crippen molar-refractivity contribution < 1.29 is 0 Å². The van der Waals surface area contributed by atoms with E-state index in [-0.39, 0.29) is 0 Å². The van der Waals surface area contributed by atoms with Gasteiger partial charge >= 0.3 is 0 Å². The van der Waals surface area contributed by atoms with Crippen molar-refractivity contribution in [1.29, 1.82) is 0 Å². The minimum atomic E-state index is 0.796. The molecule has 0 unspecified atom stereocenters. The van der Waals surface area contributed by atoms with Crippen molar-refractivity contribution in [2.24, 2.45) is 5.92 Å². The molecule has 1 aliphatic rings. The van der Waals surface area contributed by atoms with E-state index < -0.39 is 0 Å². The van der Waals surface area contributed by atoms with Gasteiger partial charge in [-0.05, 0) is 56.0 Å². The van der Waals surface area contributed by atoms with Crippen LogP contribution in [0.15, 0.2) is 22.7 Å². The fourth-order valence-electron chi connectivity index (χ4n) is 2.08. The predicted octanol–water partition coefficient (Wildman–Crippen LogP) is 3.64. The Morgan fingerprint density at radius 2 is 2.07 bits per heavy atom. The minimum absolute atomic E-state index is 0.796. The van der Waals surface area contributed by atoms with Crippen LogP contribution in [0.5, 0.6) is 0 Å². The molecule has 1 aromatic rings. The van der Waals surface area contributed by atoms with E-state index >= 15 is 0 Å².